The Hall–Kier alpha value is -2.27. The summed E-state index contributed by atoms with van der Waals surface area (Å²) in [6.45, 7) is 3.57. The zero-order valence-electron chi connectivity index (χ0n) is 16.0. The van der Waals surface area contributed by atoms with Gasteiger partial charge in [-0.25, -0.2) is 8.78 Å². The summed E-state index contributed by atoms with van der Waals surface area (Å²) in [6, 6.07) is 12.0. The average Bonchev–Trinajstić information content (AvgIpc) is 2.72. The first-order chi connectivity index (χ1) is 13.6. The van der Waals surface area contributed by atoms with E-state index in [-0.39, 0.29) is 11.7 Å². The van der Waals surface area contributed by atoms with Gasteiger partial charge >= 0.3 is 0 Å². The highest BCUT2D eigenvalue weighted by Crippen LogP contribution is 2.25. The van der Waals surface area contributed by atoms with Gasteiger partial charge in [0.1, 0.15) is 11.6 Å². The Kier molecular flexibility index (Phi) is 5.72. The number of hydrogen-bond donors (Lipinski definition) is 0. The van der Waals surface area contributed by atoms with Gasteiger partial charge in [-0.05, 0) is 67.6 Å². The molecule has 0 bridgehead atoms. The van der Waals surface area contributed by atoms with Gasteiger partial charge in [-0.3, -0.25) is 9.69 Å². The maximum absolute atomic E-state index is 13.8. The van der Waals surface area contributed by atoms with Crippen molar-refractivity contribution in [3.05, 3.63) is 70.8 Å². The van der Waals surface area contributed by atoms with Crippen molar-refractivity contribution in [2.45, 2.75) is 38.8 Å². The van der Waals surface area contributed by atoms with Crippen LogP contribution in [0.2, 0.25) is 0 Å². The van der Waals surface area contributed by atoms with Crippen LogP contribution >= 0.6 is 0 Å². The fourth-order valence-corrected chi connectivity index (χ4v) is 4.34. The number of hydrogen-bond acceptors (Lipinski definition) is 2. The molecule has 0 aromatic heterocycles. The van der Waals surface area contributed by atoms with Gasteiger partial charge < -0.3 is 4.90 Å². The van der Waals surface area contributed by atoms with E-state index in [1.165, 1.54) is 23.3 Å². The second-order valence-corrected chi connectivity index (χ2v) is 7.99. The zero-order chi connectivity index (χ0) is 19.5. The maximum atomic E-state index is 13.8. The van der Waals surface area contributed by atoms with E-state index in [0.29, 0.717) is 31.0 Å². The van der Waals surface area contributed by atoms with Crippen LogP contribution in [0.5, 0.6) is 0 Å². The Morgan fingerprint density at radius 1 is 1.00 bits per heavy atom. The summed E-state index contributed by atoms with van der Waals surface area (Å²) >= 11 is 0. The monoisotopic (exact) mass is 384 g/mol. The molecule has 28 heavy (non-hydrogen) atoms. The smallest absolute Gasteiger partial charge is 0.223 e. The number of likely N-dealkylation sites (tertiary alicyclic amines) is 1. The van der Waals surface area contributed by atoms with Gasteiger partial charge in [-0.1, -0.05) is 24.3 Å². The highest BCUT2D eigenvalue weighted by atomic mass is 19.1. The van der Waals surface area contributed by atoms with Crippen molar-refractivity contribution in [1.82, 2.24) is 9.80 Å². The molecule has 3 nitrogen and oxygen atoms in total. The third-order valence-electron chi connectivity index (χ3n) is 6.06. The summed E-state index contributed by atoms with van der Waals surface area (Å²) in [5, 5.41) is 0. The minimum absolute atomic E-state index is 0.240. The van der Waals surface area contributed by atoms with E-state index in [2.05, 4.69) is 23.1 Å². The molecule has 4 rings (SSSR count). The first-order valence-electron chi connectivity index (χ1n) is 10.1. The van der Waals surface area contributed by atoms with E-state index < -0.39 is 5.82 Å². The van der Waals surface area contributed by atoms with E-state index >= 15 is 0 Å². The number of fused-ring (bicyclic) bond motifs is 1. The van der Waals surface area contributed by atoms with Crippen LogP contribution in [0, 0.1) is 17.6 Å². The molecule has 2 heterocycles. The Balaban J connectivity index is 1.26. The Morgan fingerprint density at radius 2 is 1.75 bits per heavy atom. The maximum Gasteiger partial charge on any atom is 0.223 e. The van der Waals surface area contributed by atoms with Crippen molar-refractivity contribution in [2.75, 3.05) is 19.6 Å². The SMILES string of the molecule is O=C(CC1CCN(Cc2cc(F)ccc2F)CC1)N1CCc2ccccc2C1. The van der Waals surface area contributed by atoms with Crippen LogP contribution in [0.15, 0.2) is 42.5 Å². The van der Waals surface area contributed by atoms with Gasteiger partial charge in [-0.15, -0.1) is 0 Å². The Morgan fingerprint density at radius 3 is 2.54 bits per heavy atom. The third kappa shape index (κ3) is 4.41. The van der Waals surface area contributed by atoms with Gasteiger partial charge in [0.15, 0.2) is 0 Å². The molecule has 0 saturated carbocycles. The number of carbonyl (C=O) groups excluding carboxylic acids is 1. The molecule has 1 amide bonds. The van der Waals surface area contributed by atoms with Crippen molar-refractivity contribution >= 4 is 5.91 Å². The predicted octanol–water partition coefficient (Wildman–Crippen LogP) is 4.15. The number of amides is 1. The number of halogens is 2. The molecule has 2 aliphatic heterocycles. The molecule has 1 saturated heterocycles. The molecular formula is C23H26F2N2O. The highest BCUT2D eigenvalue weighted by Gasteiger charge is 2.26. The van der Waals surface area contributed by atoms with Crippen LogP contribution in [-0.2, 0) is 24.3 Å². The molecule has 1 fully saturated rings. The van der Waals surface area contributed by atoms with E-state index in [0.717, 1.165) is 45.0 Å². The molecule has 148 valence electrons. The highest BCUT2D eigenvalue weighted by molar-refractivity contribution is 5.76. The quantitative estimate of drug-likeness (QED) is 0.791. The lowest BCUT2D eigenvalue weighted by Gasteiger charge is -2.34. The number of benzene rings is 2. The molecule has 0 spiro atoms. The van der Waals surface area contributed by atoms with Gasteiger partial charge in [0.25, 0.3) is 0 Å². The summed E-state index contributed by atoms with van der Waals surface area (Å²) < 4.78 is 27.2. The standard InChI is InChI=1S/C23H26F2N2O/c24-21-5-6-22(25)20(14-21)15-26-10-7-17(8-11-26)13-23(28)27-12-9-18-3-1-2-4-19(18)16-27/h1-6,14,17H,7-13,15-16H2. The number of piperidine rings is 1. The minimum Gasteiger partial charge on any atom is -0.338 e. The molecule has 2 aromatic carbocycles. The predicted molar refractivity (Wildman–Crippen MR) is 105 cm³/mol. The topological polar surface area (TPSA) is 23.6 Å². The summed E-state index contributed by atoms with van der Waals surface area (Å²) in [5.74, 6) is -0.147. The van der Waals surface area contributed by atoms with Crippen LogP contribution < -0.4 is 0 Å². The summed E-state index contributed by atoms with van der Waals surface area (Å²) in [6.07, 6.45) is 3.37. The molecule has 0 N–H and O–H groups in total. The van der Waals surface area contributed by atoms with Crippen molar-refractivity contribution < 1.29 is 13.6 Å². The Labute approximate surface area is 165 Å². The van der Waals surface area contributed by atoms with Crippen LogP contribution in [0.1, 0.15) is 36.0 Å². The molecule has 0 atom stereocenters. The lowest BCUT2D eigenvalue weighted by atomic mass is 9.92. The van der Waals surface area contributed by atoms with E-state index in [9.17, 15) is 13.6 Å². The fourth-order valence-electron chi connectivity index (χ4n) is 4.34. The molecule has 0 unspecified atom stereocenters. The van der Waals surface area contributed by atoms with Gasteiger partial charge in [-0.2, -0.15) is 0 Å². The minimum atomic E-state index is -0.403. The second kappa shape index (κ2) is 8.39. The number of nitrogens with zero attached hydrogens (tertiary/aromatic N) is 2. The third-order valence-corrected chi connectivity index (χ3v) is 6.06. The molecule has 2 aromatic rings. The normalized spacial score (nSPS) is 18.1. The summed E-state index contributed by atoms with van der Waals surface area (Å²) in [5.41, 5.74) is 3.01. The van der Waals surface area contributed by atoms with Crippen LogP contribution in [0.3, 0.4) is 0 Å². The van der Waals surface area contributed by atoms with Crippen LogP contribution in [-0.4, -0.2) is 35.3 Å². The van der Waals surface area contributed by atoms with E-state index in [1.54, 1.807) is 0 Å². The Bertz CT molecular complexity index is 846. The van der Waals surface area contributed by atoms with Crippen molar-refractivity contribution in [3.63, 3.8) is 0 Å². The van der Waals surface area contributed by atoms with Crippen molar-refractivity contribution in [2.24, 2.45) is 5.92 Å². The lowest BCUT2D eigenvalue weighted by molar-refractivity contribution is -0.133. The van der Waals surface area contributed by atoms with Gasteiger partial charge in [0.2, 0.25) is 5.91 Å². The second-order valence-electron chi connectivity index (χ2n) is 7.99. The number of rotatable bonds is 4. The first-order valence-corrected chi connectivity index (χ1v) is 10.1. The fraction of sp³-hybridized carbons (Fsp3) is 0.435. The van der Waals surface area contributed by atoms with Gasteiger partial charge in [0.05, 0.1) is 0 Å². The van der Waals surface area contributed by atoms with E-state index in [4.69, 9.17) is 0 Å². The molecule has 0 radical (unpaired) electrons. The first kappa shape index (κ1) is 19.1. The van der Waals surface area contributed by atoms with E-state index in [1.807, 2.05) is 11.0 Å². The van der Waals surface area contributed by atoms with Crippen molar-refractivity contribution in [3.8, 4) is 0 Å². The summed E-state index contributed by atoms with van der Waals surface area (Å²) in [7, 11) is 0. The molecule has 0 aliphatic carbocycles. The summed E-state index contributed by atoms with van der Waals surface area (Å²) in [4.78, 5) is 16.9. The largest absolute Gasteiger partial charge is 0.338 e. The average molecular weight is 384 g/mol. The zero-order valence-corrected chi connectivity index (χ0v) is 16.0. The van der Waals surface area contributed by atoms with Gasteiger partial charge in [0, 0.05) is 31.6 Å². The van der Waals surface area contributed by atoms with Crippen molar-refractivity contribution in [1.29, 1.82) is 0 Å². The van der Waals surface area contributed by atoms with Crippen LogP contribution in [0.25, 0.3) is 0 Å². The molecule has 2 aliphatic rings. The number of carbonyl (C=O) groups is 1. The molecule has 5 heteroatoms. The molecular weight excluding hydrogens is 358 g/mol. The van der Waals surface area contributed by atoms with Crippen LogP contribution in [0.4, 0.5) is 8.78 Å². The lowest BCUT2D eigenvalue weighted by Crippen LogP contribution is -2.39.